The van der Waals surface area contributed by atoms with Crippen LogP contribution in [0, 0.1) is 11.8 Å². The summed E-state index contributed by atoms with van der Waals surface area (Å²) in [7, 11) is 0. The third-order valence-electron chi connectivity index (χ3n) is 6.32. The van der Waals surface area contributed by atoms with E-state index in [1.54, 1.807) is 48.5 Å². The standard InChI is InChI=1S/C27H28N2O5/c1-3-4-15-34-27(33)18-10-12-19(13-11-18)28-24(30)21-7-5-6-8-23(21)29-25(31)20-14-9-17(2)16-22(20)26(29)32/h5-13,20,22H,3-4,14-16H2,1-2H3,(H,28,30)/t20-,22+/m0/s1. The van der Waals surface area contributed by atoms with Crippen LogP contribution in [-0.4, -0.2) is 30.3 Å². The van der Waals surface area contributed by atoms with Crippen molar-refractivity contribution in [3.05, 3.63) is 71.3 Å². The summed E-state index contributed by atoms with van der Waals surface area (Å²) >= 11 is 0. The second kappa shape index (κ2) is 10.0. The first-order valence-corrected chi connectivity index (χ1v) is 11.6. The number of para-hydroxylation sites is 1. The predicted octanol–water partition coefficient (Wildman–Crippen LogP) is 4.74. The number of hydrogen-bond donors (Lipinski definition) is 1. The number of esters is 1. The van der Waals surface area contributed by atoms with Crippen LogP contribution in [-0.2, 0) is 14.3 Å². The van der Waals surface area contributed by atoms with Crippen LogP contribution >= 0.6 is 0 Å². The van der Waals surface area contributed by atoms with Crippen LogP contribution in [0.1, 0.15) is 60.2 Å². The molecule has 0 radical (unpaired) electrons. The molecule has 176 valence electrons. The lowest BCUT2D eigenvalue weighted by molar-refractivity contribution is -0.122. The monoisotopic (exact) mass is 460 g/mol. The van der Waals surface area contributed by atoms with E-state index in [-0.39, 0.29) is 34.9 Å². The van der Waals surface area contributed by atoms with Crippen LogP contribution in [0.15, 0.2) is 60.2 Å². The molecule has 1 N–H and O–H groups in total. The number of allylic oxidation sites excluding steroid dienone is 2. The Morgan fingerprint density at radius 1 is 1.03 bits per heavy atom. The SMILES string of the molecule is CCCCOC(=O)c1ccc(NC(=O)c2ccccc2N2C(=O)[C@H]3CC=C(C)C[C@H]3C2=O)cc1. The molecule has 2 aromatic rings. The second-order valence-electron chi connectivity index (χ2n) is 8.75. The third-order valence-corrected chi connectivity index (χ3v) is 6.32. The normalized spacial score (nSPS) is 19.5. The summed E-state index contributed by atoms with van der Waals surface area (Å²) in [5.41, 5.74) is 2.51. The minimum absolute atomic E-state index is 0.232. The highest BCUT2D eigenvalue weighted by molar-refractivity contribution is 6.25. The summed E-state index contributed by atoms with van der Waals surface area (Å²) in [6.07, 6.45) is 4.86. The minimum Gasteiger partial charge on any atom is -0.462 e. The van der Waals surface area contributed by atoms with Gasteiger partial charge in [0.15, 0.2) is 0 Å². The Morgan fingerprint density at radius 2 is 1.74 bits per heavy atom. The zero-order valence-corrected chi connectivity index (χ0v) is 19.4. The molecule has 2 aromatic carbocycles. The van der Waals surface area contributed by atoms with Crippen LogP contribution < -0.4 is 10.2 Å². The average molecular weight is 461 g/mol. The van der Waals surface area contributed by atoms with Crippen molar-refractivity contribution in [2.75, 3.05) is 16.8 Å². The fraction of sp³-hybridized carbons (Fsp3) is 0.333. The Balaban J connectivity index is 1.50. The molecule has 2 aliphatic rings. The molecule has 1 heterocycles. The number of carbonyl (C=O) groups excluding carboxylic acids is 4. The van der Waals surface area contributed by atoms with Gasteiger partial charge in [-0.1, -0.05) is 37.1 Å². The van der Waals surface area contributed by atoms with E-state index in [1.807, 2.05) is 19.9 Å². The zero-order valence-electron chi connectivity index (χ0n) is 19.4. The number of nitrogens with zero attached hydrogens (tertiary/aromatic N) is 1. The quantitative estimate of drug-likeness (QED) is 0.279. The summed E-state index contributed by atoms with van der Waals surface area (Å²) in [5, 5.41) is 2.79. The summed E-state index contributed by atoms with van der Waals surface area (Å²) in [6.45, 7) is 4.36. The van der Waals surface area contributed by atoms with Crippen molar-refractivity contribution in [1.82, 2.24) is 0 Å². The molecule has 1 fully saturated rings. The number of unbranched alkanes of at least 4 members (excludes halogenated alkanes) is 1. The first kappa shape index (κ1) is 23.4. The number of amides is 3. The average Bonchev–Trinajstić information content (AvgIpc) is 3.08. The van der Waals surface area contributed by atoms with Gasteiger partial charge >= 0.3 is 5.97 Å². The minimum atomic E-state index is -0.446. The van der Waals surface area contributed by atoms with Crippen molar-refractivity contribution < 1.29 is 23.9 Å². The lowest BCUT2D eigenvalue weighted by Crippen LogP contribution is -2.33. The van der Waals surface area contributed by atoms with Crippen LogP contribution in [0.2, 0.25) is 0 Å². The molecular formula is C27H28N2O5. The Hall–Kier alpha value is -3.74. The highest BCUT2D eigenvalue weighted by atomic mass is 16.5. The molecule has 3 amide bonds. The third kappa shape index (κ3) is 4.64. The van der Waals surface area contributed by atoms with Crippen molar-refractivity contribution >= 4 is 35.1 Å². The molecule has 7 nitrogen and oxygen atoms in total. The fourth-order valence-corrected chi connectivity index (χ4v) is 4.42. The van der Waals surface area contributed by atoms with Crippen LogP contribution in [0.4, 0.5) is 11.4 Å². The van der Waals surface area contributed by atoms with Gasteiger partial charge < -0.3 is 10.1 Å². The van der Waals surface area contributed by atoms with Gasteiger partial charge in [0.2, 0.25) is 11.8 Å². The summed E-state index contributed by atoms with van der Waals surface area (Å²) < 4.78 is 5.20. The summed E-state index contributed by atoms with van der Waals surface area (Å²) in [5.74, 6) is -2.12. The molecule has 1 saturated heterocycles. The Labute approximate surface area is 198 Å². The van der Waals surface area contributed by atoms with Crippen molar-refractivity contribution in [2.24, 2.45) is 11.8 Å². The smallest absolute Gasteiger partial charge is 0.338 e. The van der Waals surface area contributed by atoms with Crippen molar-refractivity contribution in [1.29, 1.82) is 0 Å². The van der Waals surface area contributed by atoms with E-state index in [2.05, 4.69) is 5.32 Å². The number of nitrogens with one attached hydrogen (secondary N) is 1. The first-order valence-electron chi connectivity index (χ1n) is 11.6. The number of anilines is 2. The second-order valence-corrected chi connectivity index (χ2v) is 8.75. The molecule has 0 aromatic heterocycles. The number of ether oxygens (including phenoxy) is 1. The number of carbonyl (C=O) groups is 4. The van der Waals surface area contributed by atoms with E-state index < -0.39 is 11.9 Å². The van der Waals surface area contributed by atoms with Gasteiger partial charge in [0.05, 0.1) is 35.3 Å². The van der Waals surface area contributed by atoms with E-state index in [4.69, 9.17) is 4.74 Å². The van der Waals surface area contributed by atoms with Gasteiger partial charge in [0.25, 0.3) is 5.91 Å². The zero-order chi connectivity index (χ0) is 24.2. The van der Waals surface area contributed by atoms with E-state index in [9.17, 15) is 19.2 Å². The van der Waals surface area contributed by atoms with Crippen molar-refractivity contribution in [3.63, 3.8) is 0 Å². The largest absolute Gasteiger partial charge is 0.462 e. The molecule has 0 spiro atoms. The maximum atomic E-state index is 13.1. The van der Waals surface area contributed by atoms with Gasteiger partial charge in [0, 0.05) is 5.69 Å². The van der Waals surface area contributed by atoms with Gasteiger partial charge in [0.1, 0.15) is 0 Å². The highest BCUT2D eigenvalue weighted by Gasteiger charge is 2.49. The predicted molar refractivity (Wildman–Crippen MR) is 128 cm³/mol. The Bertz CT molecular complexity index is 1150. The lowest BCUT2D eigenvalue weighted by Gasteiger charge is -2.19. The van der Waals surface area contributed by atoms with Crippen molar-refractivity contribution in [2.45, 2.75) is 39.5 Å². The molecule has 34 heavy (non-hydrogen) atoms. The van der Waals surface area contributed by atoms with Crippen LogP contribution in [0.5, 0.6) is 0 Å². The number of imide groups is 1. The van der Waals surface area contributed by atoms with Gasteiger partial charge in [-0.15, -0.1) is 0 Å². The topological polar surface area (TPSA) is 92.8 Å². The van der Waals surface area contributed by atoms with Crippen molar-refractivity contribution in [3.8, 4) is 0 Å². The molecule has 2 atom stereocenters. The van der Waals surface area contributed by atoms with Crippen LogP contribution in [0.25, 0.3) is 0 Å². The van der Waals surface area contributed by atoms with E-state index in [0.29, 0.717) is 30.7 Å². The van der Waals surface area contributed by atoms with E-state index in [1.165, 1.54) is 4.90 Å². The molecule has 0 saturated carbocycles. The molecule has 1 aliphatic carbocycles. The summed E-state index contributed by atoms with van der Waals surface area (Å²) in [6, 6.07) is 13.0. The number of rotatable bonds is 7. The molecule has 0 unspecified atom stereocenters. The van der Waals surface area contributed by atoms with Gasteiger partial charge in [-0.05, 0) is 62.6 Å². The maximum Gasteiger partial charge on any atom is 0.338 e. The molecule has 0 bridgehead atoms. The lowest BCUT2D eigenvalue weighted by atomic mass is 9.82. The molecule has 4 rings (SSSR count). The number of fused-ring (bicyclic) bond motifs is 1. The van der Waals surface area contributed by atoms with E-state index >= 15 is 0 Å². The van der Waals surface area contributed by atoms with Gasteiger partial charge in [-0.25, -0.2) is 9.69 Å². The van der Waals surface area contributed by atoms with Gasteiger partial charge in [-0.2, -0.15) is 0 Å². The molecular weight excluding hydrogens is 432 g/mol. The first-order chi connectivity index (χ1) is 16.4. The Kier molecular flexibility index (Phi) is 6.91. The highest BCUT2D eigenvalue weighted by Crippen LogP contribution is 2.40. The number of benzene rings is 2. The van der Waals surface area contributed by atoms with E-state index in [0.717, 1.165) is 18.4 Å². The Morgan fingerprint density at radius 3 is 2.47 bits per heavy atom. The number of hydrogen-bond acceptors (Lipinski definition) is 5. The molecule has 1 aliphatic heterocycles. The van der Waals surface area contributed by atoms with Gasteiger partial charge in [-0.3, -0.25) is 14.4 Å². The summed E-state index contributed by atoms with van der Waals surface area (Å²) in [4.78, 5) is 52.6. The van der Waals surface area contributed by atoms with Crippen LogP contribution in [0.3, 0.4) is 0 Å². The molecule has 7 heteroatoms. The fourth-order valence-electron chi connectivity index (χ4n) is 4.42. The maximum absolute atomic E-state index is 13.1.